The average Bonchev–Trinajstić information content (AvgIpc) is 3.19. The lowest BCUT2D eigenvalue weighted by atomic mass is 10.2. The van der Waals surface area contributed by atoms with Crippen LogP contribution in [0, 0.1) is 0 Å². The highest BCUT2D eigenvalue weighted by molar-refractivity contribution is 7.89. The van der Waals surface area contributed by atoms with Crippen LogP contribution >= 0.6 is 0 Å². The molecule has 0 aliphatic carbocycles. The number of sulfonamides is 1. The van der Waals surface area contributed by atoms with Crippen LogP contribution in [-0.2, 0) is 19.6 Å². The highest BCUT2D eigenvalue weighted by Gasteiger charge is 2.32. The first-order chi connectivity index (χ1) is 14.2. The fraction of sp³-hybridized carbons (Fsp3) is 0.588. The molecule has 1 unspecified atom stereocenters. The van der Waals surface area contributed by atoms with Crippen molar-refractivity contribution in [2.24, 2.45) is 0 Å². The third-order valence-electron chi connectivity index (χ3n) is 4.17. The topological polar surface area (TPSA) is 84.9 Å². The van der Waals surface area contributed by atoms with E-state index in [1.807, 2.05) is 0 Å². The van der Waals surface area contributed by atoms with Gasteiger partial charge in [-0.25, -0.2) is 8.42 Å². The van der Waals surface area contributed by atoms with E-state index in [9.17, 15) is 39.6 Å². The van der Waals surface area contributed by atoms with Crippen LogP contribution in [0.25, 0.3) is 0 Å². The first-order valence-corrected chi connectivity index (χ1v) is 10.5. The van der Waals surface area contributed by atoms with Gasteiger partial charge in [0, 0.05) is 13.1 Å². The minimum atomic E-state index is -4.72. The van der Waals surface area contributed by atoms with Gasteiger partial charge in [0.1, 0.15) is 18.5 Å². The first-order valence-electron chi connectivity index (χ1n) is 9.02. The average molecular weight is 478 g/mol. The Morgan fingerprint density at radius 1 is 1.10 bits per heavy atom. The molecule has 1 amide bonds. The molecule has 14 heteroatoms. The quantitative estimate of drug-likeness (QED) is 0.580. The van der Waals surface area contributed by atoms with Crippen molar-refractivity contribution in [1.29, 1.82) is 0 Å². The highest BCUT2D eigenvalue weighted by Crippen LogP contribution is 2.32. The monoisotopic (exact) mass is 478 g/mol. The highest BCUT2D eigenvalue weighted by atomic mass is 32.2. The Balaban J connectivity index is 2.28. The van der Waals surface area contributed by atoms with Crippen molar-refractivity contribution in [3.05, 3.63) is 18.2 Å². The molecule has 2 rings (SSSR count). The minimum absolute atomic E-state index is 0.263. The molecule has 0 spiro atoms. The standard InChI is InChI=1S/C17H20F6N2O5S/c1-11(29-9-16(18,19)20)15(26)24-13-8-12(31(27,28)25-6-2-3-7-25)4-5-14(13)30-10-17(21,22)23/h4-5,8,11H,2-3,6-7,9-10H2,1H3,(H,24,26). The second-order valence-electron chi connectivity index (χ2n) is 6.73. The van der Waals surface area contributed by atoms with E-state index in [0.717, 1.165) is 25.1 Å². The second-order valence-corrected chi connectivity index (χ2v) is 8.67. The van der Waals surface area contributed by atoms with E-state index in [2.05, 4.69) is 14.8 Å². The maximum atomic E-state index is 12.7. The Labute approximate surface area is 174 Å². The summed E-state index contributed by atoms with van der Waals surface area (Å²) in [6, 6.07) is 2.86. The fourth-order valence-corrected chi connectivity index (χ4v) is 4.20. The van der Waals surface area contributed by atoms with Gasteiger partial charge in [-0.05, 0) is 38.0 Å². The smallest absolute Gasteiger partial charge is 0.422 e. The number of rotatable bonds is 8. The molecule has 31 heavy (non-hydrogen) atoms. The van der Waals surface area contributed by atoms with Crippen molar-refractivity contribution >= 4 is 21.6 Å². The van der Waals surface area contributed by atoms with E-state index < -0.39 is 59.0 Å². The Morgan fingerprint density at radius 3 is 2.23 bits per heavy atom. The SMILES string of the molecule is CC(OCC(F)(F)F)C(=O)Nc1cc(S(=O)(=O)N2CCCC2)ccc1OCC(F)(F)F. The lowest BCUT2D eigenvalue weighted by Gasteiger charge is -2.20. The number of halogens is 6. The van der Waals surface area contributed by atoms with E-state index in [-0.39, 0.29) is 18.0 Å². The molecule has 1 aliphatic rings. The number of nitrogens with one attached hydrogen (secondary N) is 1. The van der Waals surface area contributed by atoms with E-state index in [1.54, 1.807) is 0 Å². The molecule has 1 saturated heterocycles. The normalized spacial score (nSPS) is 16.9. The molecule has 0 radical (unpaired) electrons. The lowest BCUT2D eigenvalue weighted by Crippen LogP contribution is -2.32. The van der Waals surface area contributed by atoms with Crippen molar-refractivity contribution in [3.8, 4) is 5.75 Å². The number of amides is 1. The number of ether oxygens (including phenoxy) is 2. The number of benzene rings is 1. The Kier molecular flexibility index (Phi) is 7.81. The molecule has 1 heterocycles. The van der Waals surface area contributed by atoms with Gasteiger partial charge in [-0.1, -0.05) is 0 Å². The predicted octanol–water partition coefficient (Wildman–Crippen LogP) is 3.32. The third kappa shape index (κ3) is 7.54. The molecular formula is C17H20F6N2O5S. The summed E-state index contributed by atoms with van der Waals surface area (Å²) in [5.74, 6) is -1.63. The van der Waals surface area contributed by atoms with Gasteiger partial charge in [-0.3, -0.25) is 4.79 Å². The van der Waals surface area contributed by atoms with Crippen LogP contribution in [0.5, 0.6) is 5.75 Å². The van der Waals surface area contributed by atoms with Crippen LogP contribution in [0.4, 0.5) is 32.0 Å². The number of hydrogen-bond donors (Lipinski definition) is 1. The van der Waals surface area contributed by atoms with E-state index in [4.69, 9.17) is 0 Å². The molecule has 1 N–H and O–H groups in total. The summed E-state index contributed by atoms with van der Waals surface area (Å²) >= 11 is 0. The number of carbonyl (C=O) groups is 1. The van der Waals surface area contributed by atoms with Gasteiger partial charge < -0.3 is 14.8 Å². The summed E-state index contributed by atoms with van der Waals surface area (Å²) in [7, 11) is -3.98. The van der Waals surface area contributed by atoms with Gasteiger partial charge in [0.2, 0.25) is 10.0 Å². The molecule has 0 aromatic heterocycles. The predicted molar refractivity (Wildman–Crippen MR) is 96.1 cm³/mol. The van der Waals surface area contributed by atoms with E-state index >= 15 is 0 Å². The van der Waals surface area contributed by atoms with Gasteiger partial charge in [0.25, 0.3) is 5.91 Å². The van der Waals surface area contributed by atoms with Crippen LogP contribution in [0.3, 0.4) is 0 Å². The van der Waals surface area contributed by atoms with Crippen molar-refractivity contribution < 1.29 is 49.0 Å². The molecule has 1 aliphatic heterocycles. The molecule has 176 valence electrons. The molecule has 0 saturated carbocycles. The summed E-state index contributed by atoms with van der Waals surface area (Å²) < 4.78 is 110. The molecule has 1 aromatic carbocycles. The number of carbonyl (C=O) groups excluding carboxylic acids is 1. The maximum absolute atomic E-state index is 12.7. The summed E-state index contributed by atoms with van der Waals surface area (Å²) in [6.07, 6.45) is -9.76. The molecule has 0 bridgehead atoms. The summed E-state index contributed by atoms with van der Waals surface area (Å²) in [5, 5.41) is 2.08. The van der Waals surface area contributed by atoms with Crippen molar-refractivity contribution in [2.75, 3.05) is 31.6 Å². The van der Waals surface area contributed by atoms with Crippen LogP contribution in [0.1, 0.15) is 19.8 Å². The van der Waals surface area contributed by atoms with Gasteiger partial charge in [0.15, 0.2) is 6.61 Å². The maximum Gasteiger partial charge on any atom is 0.422 e. The van der Waals surface area contributed by atoms with Crippen LogP contribution in [0.15, 0.2) is 23.1 Å². The molecule has 1 fully saturated rings. The third-order valence-corrected chi connectivity index (χ3v) is 6.06. The zero-order valence-electron chi connectivity index (χ0n) is 16.2. The number of hydrogen-bond acceptors (Lipinski definition) is 5. The number of anilines is 1. The van der Waals surface area contributed by atoms with Crippen molar-refractivity contribution in [3.63, 3.8) is 0 Å². The number of nitrogens with zero attached hydrogens (tertiary/aromatic N) is 1. The molecule has 7 nitrogen and oxygen atoms in total. The first kappa shape index (κ1) is 25.2. The summed E-state index contributed by atoms with van der Waals surface area (Å²) in [4.78, 5) is 11.8. The Hall–Kier alpha value is -2.06. The summed E-state index contributed by atoms with van der Waals surface area (Å²) in [6.45, 7) is -1.92. The van der Waals surface area contributed by atoms with Crippen LogP contribution in [0.2, 0.25) is 0 Å². The minimum Gasteiger partial charge on any atom is -0.482 e. The van der Waals surface area contributed by atoms with Gasteiger partial charge in [-0.2, -0.15) is 30.6 Å². The Morgan fingerprint density at radius 2 is 1.68 bits per heavy atom. The fourth-order valence-electron chi connectivity index (χ4n) is 2.66. The molecular weight excluding hydrogens is 458 g/mol. The van der Waals surface area contributed by atoms with E-state index in [1.165, 1.54) is 4.31 Å². The van der Waals surface area contributed by atoms with Gasteiger partial charge >= 0.3 is 12.4 Å². The molecule has 1 aromatic rings. The van der Waals surface area contributed by atoms with E-state index in [0.29, 0.717) is 12.8 Å². The zero-order valence-corrected chi connectivity index (χ0v) is 17.0. The second kappa shape index (κ2) is 9.61. The van der Waals surface area contributed by atoms with Gasteiger partial charge in [-0.15, -0.1) is 0 Å². The lowest BCUT2D eigenvalue weighted by molar-refractivity contribution is -0.184. The van der Waals surface area contributed by atoms with Gasteiger partial charge in [0.05, 0.1) is 10.6 Å². The number of alkyl halides is 6. The van der Waals surface area contributed by atoms with Crippen LogP contribution < -0.4 is 10.1 Å². The van der Waals surface area contributed by atoms with Crippen molar-refractivity contribution in [1.82, 2.24) is 4.31 Å². The Bertz CT molecular complexity index is 882. The van der Waals surface area contributed by atoms with Crippen LogP contribution in [-0.4, -0.2) is 63.4 Å². The summed E-state index contributed by atoms with van der Waals surface area (Å²) in [5.41, 5.74) is -0.447. The largest absolute Gasteiger partial charge is 0.482 e. The molecule has 1 atom stereocenters. The zero-order chi connectivity index (χ0) is 23.4. The van der Waals surface area contributed by atoms with Crippen molar-refractivity contribution in [2.45, 2.75) is 43.1 Å².